The van der Waals surface area contributed by atoms with Gasteiger partial charge < -0.3 is 14.6 Å². The lowest BCUT2D eigenvalue weighted by Gasteiger charge is -2.28. The van der Waals surface area contributed by atoms with E-state index >= 15 is 0 Å². The first-order valence-electron chi connectivity index (χ1n) is 11.3. The summed E-state index contributed by atoms with van der Waals surface area (Å²) in [5.74, 6) is 1.09. The molecular formula is C26H25N3O2S2. The fraction of sp³-hybridized carbons (Fsp3) is 0.308. The van der Waals surface area contributed by atoms with E-state index in [1.165, 1.54) is 5.56 Å². The van der Waals surface area contributed by atoms with E-state index in [9.17, 15) is 9.59 Å². The van der Waals surface area contributed by atoms with Gasteiger partial charge in [0.25, 0.3) is 11.8 Å². The molecule has 3 atom stereocenters. The molecule has 2 fully saturated rings. The van der Waals surface area contributed by atoms with Crippen LogP contribution in [0.25, 0.3) is 15.3 Å². The minimum atomic E-state index is -0.0510. The Labute approximate surface area is 200 Å². The quantitative estimate of drug-likeness (QED) is 0.429. The van der Waals surface area contributed by atoms with Gasteiger partial charge >= 0.3 is 0 Å². The average molecular weight is 476 g/mol. The van der Waals surface area contributed by atoms with Crippen molar-refractivity contribution in [1.82, 2.24) is 14.6 Å². The lowest BCUT2D eigenvalue weighted by Crippen LogP contribution is -2.45. The standard InChI is InChI=1S/C26H25N3O2S2/c1-15-4-3-5-17(10-15)23-19(6-8-32-23)25(31)29-14-18-11-20(18)21(29)12-27-24(30)22-16(2)13-28-7-9-33-26(22)28/h3-10,13,18,20-21H,11-12,14H2,1-2H3,(H,27,30)/t18-,20-,21+/m0/s1. The molecule has 0 unspecified atom stereocenters. The number of aryl methyl sites for hydroxylation is 2. The number of amides is 2. The summed E-state index contributed by atoms with van der Waals surface area (Å²) in [4.78, 5) is 30.7. The predicted octanol–water partition coefficient (Wildman–Crippen LogP) is 5.24. The number of likely N-dealkylation sites (tertiary alicyclic amines) is 1. The topological polar surface area (TPSA) is 53.8 Å². The normalized spacial score (nSPS) is 21.4. The highest BCUT2D eigenvalue weighted by atomic mass is 32.1. The van der Waals surface area contributed by atoms with Gasteiger partial charge in [-0.3, -0.25) is 9.59 Å². The summed E-state index contributed by atoms with van der Waals surface area (Å²) >= 11 is 3.19. The first kappa shape index (κ1) is 20.7. The first-order valence-corrected chi connectivity index (χ1v) is 13.1. The summed E-state index contributed by atoms with van der Waals surface area (Å²) in [6, 6.07) is 10.3. The van der Waals surface area contributed by atoms with Crippen LogP contribution < -0.4 is 5.32 Å². The average Bonchev–Trinajstić information content (AvgIpc) is 3.20. The number of piperidine rings is 1. The highest BCUT2D eigenvalue weighted by Gasteiger charge is 2.54. The fourth-order valence-corrected chi connectivity index (χ4v) is 7.10. The number of thiazole rings is 1. The smallest absolute Gasteiger partial charge is 0.255 e. The molecule has 168 valence electrons. The second-order valence-electron chi connectivity index (χ2n) is 9.23. The van der Waals surface area contributed by atoms with Gasteiger partial charge in [0.05, 0.1) is 17.2 Å². The van der Waals surface area contributed by atoms with E-state index in [-0.39, 0.29) is 17.9 Å². The van der Waals surface area contributed by atoms with Crippen molar-refractivity contribution in [2.24, 2.45) is 11.8 Å². The van der Waals surface area contributed by atoms with Crippen molar-refractivity contribution < 1.29 is 9.59 Å². The molecule has 0 radical (unpaired) electrons. The number of carbonyl (C=O) groups is 2. The van der Waals surface area contributed by atoms with Crippen LogP contribution in [0.15, 0.2) is 53.5 Å². The number of nitrogens with zero attached hydrogens (tertiary/aromatic N) is 2. The molecule has 4 heterocycles. The molecule has 0 bridgehead atoms. The molecule has 3 aromatic heterocycles. The maximum Gasteiger partial charge on any atom is 0.255 e. The molecule has 7 heteroatoms. The van der Waals surface area contributed by atoms with E-state index in [0.717, 1.165) is 44.9 Å². The highest BCUT2D eigenvalue weighted by Crippen LogP contribution is 2.50. The Morgan fingerprint density at radius 1 is 1.15 bits per heavy atom. The Hall–Kier alpha value is -2.90. The van der Waals surface area contributed by atoms with Gasteiger partial charge in [-0.25, -0.2) is 0 Å². The number of aromatic nitrogens is 1. The SMILES string of the molecule is Cc1cccc(-c2sccc2C(=O)N2C[C@@H]3C[C@@H]3[C@H]2CNC(=O)c2c(C)cn3ccsc23)c1. The van der Waals surface area contributed by atoms with Crippen molar-refractivity contribution in [1.29, 1.82) is 0 Å². The molecule has 1 aromatic carbocycles. The number of rotatable bonds is 5. The molecule has 33 heavy (non-hydrogen) atoms. The van der Waals surface area contributed by atoms with Crippen LogP contribution in [0.3, 0.4) is 0 Å². The first-order chi connectivity index (χ1) is 16.0. The van der Waals surface area contributed by atoms with Gasteiger partial charge in [-0.1, -0.05) is 29.8 Å². The number of hydrogen-bond acceptors (Lipinski definition) is 4. The van der Waals surface area contributed by atoms with Gasteiger partial charge in [0.2, 0.25) is 0 Å². The summed E-state index contributed by atoms with van der Waals surface area (Å²) < 4.78 is 2.00. The Bertz CT molecular complexity index is 1380. The van der Waals surface area contributed by atoms with E-state index < -0.39 is 0 Å². The zero-order valence-electron chi connectivity index (χ0n) is 18.6. The van der Waals surface area contributed by atoms with Crippen molar-refractivity contribution in [3.63, 3.8) is 0 Å². The molecule has 1 aliphatic heterocycles. The molecule has 2 amide bonds. The Balaban J connectivity index is 1.22. The van der Waals surface area contributed by atoms with E-state index in [1.54, 1.807) is 22.7 Å². The minimum Gasteiger partial charge on any atom is -0.350 e. The van der Waals surface area contributed by atoms with Crippen LogP contribution in [0.5, 0.6) is 0 Å². The molecule has 1 N–H and O–H groups in total. The van der Waals surface area contributed by atoms with Gasteiger partial charge in [0.1, 0.15) is 4.83 Å². The molecule has 5 nitrogen and oxygen atoms in total. The number of hydrogen-bond donors (Lipinski definition) is 1. The zero-order chi connectivity index (χ0) is 22.7. The highest BCUT2D eigenvalue weighted by molar-refractivity contribution is 7.16. The summed E-state index contributed by atoms with van der Waals surface area (Å²) in [7, 11) is 0. The van der Waals surface area contributed by atoms with Crippen molar-refractivity contribution in [3.05, 3.63) is 75.7 Å². The minimum absolute atomic E-state index is 0.0510. The van der Waals surface area contributed by atoms with Crippen LogP contribution in [0, 0.1) is 25.7 Å². The van der Waals surface area contributed by atoms with E-state index in [2.05, 4.69) is 30.4 Å². The molecule has 4 aromatic rings. The molecule has 1 saturated heterocycles. The number of carbonyl (C=O) groups excluding carboxylic acids is 2. The Kier molecular flexibility index (Phi) is 4.92. The largest absolute Gasteiger partial charge is 0.350 e. The molecule has 0 spiro atoms. The molecule has 1 aliphatic carbocycles. The second-order valence-corrected chi connectivity index (χ2v) is 11.0. The zero-order valence-corrected chi connectivity index (χ0v) is 20.2. The van der Waals surface area contributed by atoms with Gasteiger partial charge in [-0.2, -0.15) is 0 Å². The lowest BCUT2D eigenvalue weighted by atomic mass is 10.1. The van der Waals surface area contributed by atoms with Gasteiger partial charge in [-0.05, 0) is 54.7 Å². The third-order valence-electron chi connectivity index (χ3n) is 7.02. The van der Waals surface area contributed by atoms with Crippen LogP contribution in [0.4, 0.5) is 0 Å². The Morgan fingerprint density at radius 2 is 2.03 bits per heavy atom. The van der Waals surface area contributed by atoms with Crippen LogP contribution >= 0.6 is 22.7 Å². The van der Waals surface area contributed by atoms with Crippen molar-refractivity contribution in [2.75, 3.05) is 13.1 Å². The van der Waals surface area contributed by atoms with Gasteiger partial charge in [0, 0.05) is 35.7 Å². The molecule has 6 rings (SSSR count). The summed E-state index contributed by atoms with van der Waals surface area (Å²) in [6.45, 7) is 5.33. The van der Waals surface area contributed by atoms with Crippen molar-refractivity contribution >= 4 is 39.3 Å². The van der Waals surface area contributed by atoms with E-state index in [1.807, 2.05) is 51.5 Å². The third kappa shape index (κ3) is 3.50. The maximum atomic E-state index is 13.6. The maximum absolute atomic E-state index is 13.6. The van der Waals surface area contributed by atoms with Crippen molar-refractivity contribution in [3.8, 4) is 10.4 Å². The van der Waals surface area contributed by atoms with E-state index in [0.29, 0.717) is 18.4 Å². The van der Waals surface area contributed by atoms with Gasteiger partial charge in [0.15, 0.2) is 0 Å². The third-order valence-corrected chi connectivity index (χ3v) is 8.87. The van der Waals surface area contributed by atoms with Crippen molar-refractivity contribution in [2.45, 2.75) is 26.3 Å². The summed E-state index contributed by atoms with van der Waals surface area (Å²) in [5.41, 5.74) is 4.76. The number of benzene rings is 1. The number of thiophene rings is 1. The van der Waals surface area contributed by atoms with Crippen LogP contribution in [0.1, 0.15) is 38.3 Å². The fourth-order valence-electron chi connectivity index (χ4n) is 5.29. The van der Waals surface area contributed by atoms with Crippen LogP contribution in [0.2, 0.25) is 0 Å². The monoisotopic (exact) mass is 475 g/mol. The van der Waals surface area contributed by atoms with Crippen LogP contribution in [-0.2, 0) is 0 Å². The lowest BCUT2D eigenvalue weighted by molar-refractivity contribution is 0.0696. The predicted molar refractivity (Wildman–Crippen MR) is 133 cm³/mol. The number of nitrogens with one attached hydrogen (secondary N) is 1. The molecular weight excluding hydrogens is 450 g/mol. The second kappa shape index (κ2) is 7.85. The molecule has 1 saturated carbocycles. The van der Waals surface area contributed by atoms with Crippen LogP contribution in [-0.4, -0.2) is 40.2 Å². The van der Waals surface area contributed by atoms with Gasteiger partial charge in [-0.15, -0.1) is 22.7 Å². The van der Waals surface area contributed by atoms with E-state index in [4.69, 9.17) is 0 Å². The number of fused-ring (bicyclic) bond motifs is 2. The summed E-state index contributed by atoms with van der Waals surface area (Å²) in [5, 5.41) is 7.14. The summed E-state index contributed by atoms with van der Waals surface area (Å²) in [6.07, 6.45) is 5.12. The Morgan fingerprint density at radius 3 is 2.88 bits per heavy atom. The molecule has 2 aliphatic rings.